The van der Waals surface area contributed by atoms with Crippen molar-refractivity contribution in [3.63, 3.8) is 0 Å². The topological polar surface area (TPSA) is 70.7 Å². The number of allylic oxidation sites excluding steroid dienone is 1. The largest absolute Gasteiger partial charge is 0.489 e. The molecule has 2 unspecified atom stereocenters. The maximum atomic E-state index is 12.6. The molecule has 1 aliphatic carbocycles. The molecule has 3 aromatic rings. The summed E-state index contributed by atoms with van der Waals surface area (Å²) in [6, 6.07) is 18.9. The number of carbonyl (C=O) groups excluding carboxylic acids is 2. The highest BCUT2D eigenvalue weighted by Crippen LogP contribution is 2.43. The summed E-state index contributed by atoms with van der Waals surface area (Å²) < 4.78 is 18.9. The molecule has 2 amide bonds. The van der Waals surface area contributed by atoms with Crippen LogP contribution in [0.2, 0.25) is 10.0 Å². The fourth-order valence-electron chi connectivity index (χ4n) is 6.13. The minimum atomic E-state index is -0.784. The Labute approximate surface area is 262 Å². The third-order valence-corrected chi connectivity index (χ3v) is 8.74. The highest BCUT2D eigenvalue weighted by Gasteiger charge is 2.26. The number of benzene rings is 3. The van der Waals surface area contributed by atoms with Crippen LogP contribution >= 0.6 is 23.2 Å². The lowest BCUT2D eigenvalue weighted by Crippen LogP contribution is -2.35. The van der Waals surface area contributed by atoms with E-state index in [1.54, 1.807) is 13.1 Å². The number of rotatable bonds is 11. The minimum Gasteiger partial charge on any atom is -0.489 e. The third-order valence-electron chi connectivity index (χ3n) is 8.19. The number of likely N-dealkylation sites (tertiary alicyclic amines) is 1. The van der Waals surface area contributed by atoms with E-state index in [0.29, 0.717) is 22.9 Å². The van der Waals surface area contributed by atoms with Gasteiger partial charge < -0.3 is 15.4 Å². The molecule has 0 saturated carbocycles. The average Bonchev–Trinajstić information content (AvgIpc) is 3.37. The Bertz CT molecular complexity index is 1490. The van der Waals surface area contributed by atoms with Gasteiger partial charge in [-0.3, -0.25) is 18.9 Å². The molecule has 0 radical (unpaired) electrons. The van der Waals surface area contributed by atoms with Gasteiger partial charge in [-0.05, 0) is 95.3 Å². The molecule has 1 fully saturated rings. The second-order valence-electron chi connectivity index (χ2n) is 11.0. The van der Waals surface area contributed by atoms with E-state index in [2.05, 4.69) is 27.7 Å². The standard InChI is InChI=1S/C34H36Cl2FN3O3/c1-38-34(42)33(39-21-41)24-8-12-28-23(18-24)4-2-5-30(29-13-9-25(35)19-31(29)36)32(28)22-6-10-26(11-7-22)43-27-14-17-40(20-27)16-3-15-37/h6-13,18-19,21,27,33H,2-5,14-17,20H2,1H3,(H,38,42)(H,39,41). The van der Waals surface area contributed by atoms with Crippen molar-refractivity contribution in [1.29, 1.82) is 0 Å². The first-order valence-corrected chi connectivity index (χ1v) is 15.5. The van der Waals surface area contributed by atoms with Crippen LogP contribution < -0.4 is 15.4 Å². The number of nitrogens with zero attached hydrogens (tertiary/aromatic N) is 1. The fraction of sp³-hybridized carbons (Fsp3) is 0.353. The Morgan fingerprint density at radius 2 is 1.88 bits per heavy atom. The monoisotopic (exact) mass is 623 g/mol. The summed E-state index contributed by atoms with van der Waals surface area (Å²) in [5.41, 5.74) is 7.00. The van der Waals surface area contributed by atoms with Crippen LogP contribution in [0.15, 0.2) is 60.7 Å². The number of hydrogen-bond donors (Lipinski definition) is 2. The summed E-state index contributed by atoms with van der Waals surface area (Å²) >= 11 is 13.0. The number of aryl methyl sites for hydroxylation is 1. The second kappa shape index (κ2) is 14.4. The molecule has 6 nitrogen and oxygen atoms in total. The third kappa shape index (κ3) is 7.23. The second-order valence-corrected chi connectivity index (χ2v) is 11.8. The predicted octanol–water partition coefficient (Wildman–Crippen LogP) is 6.63. The quantitative estimate of drug-likeness (QED) is 0.235. The molecule has 5 rings (SSSR count). The van der Waals surface area contributed by atoms with Gasteiger partial charge in [0.05, 0.1) is 6.67 Å². The zero-order chi connectivity index (χ0) is 30.3. The van der Waals surface area contributed by atoms with E-state index in [1.165, 1.54) is 0 Å². The van der Waals surface area contributed by atoms with Gasteiger partial charge >= 0.3 is 0 Å². The van der Waals surface area contributed by atoms with Gasteiger partial charge in [0.25, 0.3) is 0 Å². The van der Waals surface area contributed by atoms with Crippen LogP contribution in [-0.4, -0.2) is 56.7 Å². The number of likely N-dealkylation sites (N-methyl/N-ethyl adjacent to an activating group) is 1. The van der Waals surface area contributed by atoms with E-state index in [-0.39, 0.29) is 18.7 Å². The van der Waals surface area contributed by atoms with Crippen LogP contribution in [0, 0.1) is 0 Å². The lowest BCUT2D eigenvalue weighted by molar-refractivity contribution is -0.125. The van der Waals surface area contributed by atoms with Crippen LogP contribution in [-0.2, 0) is 16.0 Å². The molecular weight excluding hydrogens is 588 g/mol. The predicted molar refractivity (Wildman–Crippen MR) is 170 cm³/mol. The zero-order valence-corrected chi connectivity index (χ0v) is 25.7. The summed E-state index contributed by atoms with van der Waals surface area (Å²) in [7, 11) is 1.55. The normalized spacial score (nSPS) is 17.6. The van der Waals surface area contributed by atoms with Gasteiger partial charge in [0.15, 0.2) is 0 Å². The molecule has 0 spiro atoms. The van der Waals surface area contributed by atoms with Crippen LogP contribution in [0.3, 0.4) is 0 Å². The Kier molecular flexibility index (Phi) is 10.4. The summed E-state index contributed by atoms with van der Waals surface area (Å²) in [5, 5.41) is 6.44. The van der Waals surface area contributed by atoms with Crippen molar-refractivity contribution >= 4 is 46.7 Å². The Morgan fingerprint density at radius 3 is 2.60 bits per heavy atom. The number of hydrogen-bond acceptors (Lipinski definition) is 4. The van der Waals surface area contributed by atoms with E-state index < -0.39 is 6.04 Å². The minimum absolute atomic E-state index is 0.0818. The molecule has 1 heterocycles. The molecule has 1 aliphatic heterocycles. The molecule has 1 saturated heterocycles. The summed E-state index contributed by atoms with van der Waals surface area (Å²) in [4.78, 5) is 26.1. The van der Waals surface area contributed by atoms with Crippen molar-refractivity contribution in [2.24, 2.45) is 0 Å². The van der Waals surface area contributed by atoms with E-state index in [1.807, 2.05) is 42.5 Å². The van der Waals surface area contributed by atoms with Crippen molar-refractivity contribution in [2.45, 2.75) is 44.2 Å². The number of fused-ring (bicyclic) bond motifs is 1. The molecule has 0 aromatic heterocycles. The summed E-state index contributed by atoms with van der Waals surface area (Å²) in [6.45, 7) is 2.19. The number of alkyl halides is 1. The van der Waals surface area contributed by atoms with Crippen LogP contribution in [0.25, 0.3) is 11.1 Å². The van der Waals surface area contributed by atoms with E-state index in [0.717, 1.165) is 90.0 Å². The first-order chi connectivity index (χ1) is 20.9. The molecule has 2 atom stereocenters. The Hall–Kier alpha value is -3.39. The van der Waals surface area contributed by atoms with E-state index in [9.17, 15) is 14.0 Å². The summed E-state index contributed by atoms with van der Waals surface area (Å²) in [5.74, 6) is 0.513. The van der Waals surface area contributed by atoms with Crippen LogP contribution in [0.4, 0.5) is 4.39 Å². The highest BCUT2D eigenvalue weighted by molar-refractivity contribution is 6.36. The first kappa shape index (κ1) is 31.0. The fourth-order valence-corrected chi connectivity index (χ4v) is 6.65. The number of ether oxygens (including phenoxy) is 1. The van der Waals surface area contributed by atoms with Gasteiger partial charge in [0, 0.05) is 36.7 Å². The first-order valence-electron chi connectivity index (χ1n) is 14.7. The number of halogens is 3. The molecule has 43 heavy (non-hydrogen) atoms. The highest BCUT2D eigenvalue weighted by atomic mass is 35.5. The van der Waals surface area contributed by atoms with Crippen LogP contribution in [0.1, 0.15) is 59.5 Å². The molecular formula is C34H36Cl2FN3O3. The number of nitrogens with one attached hydrogen (secondary N) is 2. The lowest BCUT2D eigenvalue weighted by atomic mass is 9.86. The molecule has 3 aromatic carbocycles. The van der Waals surface area contributed by atoms with Gasteiger partial charge in [-0.25, -0.2) is 0 Å². The van der Waals surface area contributed by atoms with Crippen molar-refractivity contribution in [3.8, 4) is 5.75 Å². The molecule has 226 valence electrons. The van der Waals surface area contributed by atoms with E-state index in [4.69, 9.17) is 27.9 Å². The van der Waals surface area contributed by atoms with E-state index >= 15 is 0 Å². The molecule has 0 bridgehead atoms. The Morgan fingerprint density at radius 1 is 1.09 bits per heavy atom. The molecule has 2 N–H and O–H groups in total. The van der Waals surface area contributed by atoms with Crippen molar-refractivity contribution in [2.75, 3.05) is 33.4 Å². The van der Waals surface area contributed by atoms with Gasteiger partial charge in [-0.15, -0.1) is 0 Å². The maximum absolute atomic E-state index is 12.6. The lowest BCUT2D eigenvalue weighted by Gasteiger charge is -2.21. The zero-order valence-electron chi connectivity index (χ0n) is 24.2. The van der Waals surface area contributed by atoms with Crippen molar-refractivity contribution in [1.82, 2.24) is 15.5 Å². The molecule has 2 aliphatic rings. The maximum Gasteiger partial charge on any atom is 0.246 e. The van der Waals surface area contributed by atoms with Crippen molar-refractivity contribution in [3.05, 3.63) is 98.5 Å². The number of amides is 2. The Balaban J connectivity index is 1.53. The number of carbonyl (C=O) groups is 2. The van der Waals surface area contributed by atoms with Gasteiger partial charge in [-0.1, -0.05) is 59.6 Å². The average molecular weight is 625 g/mol. The smallest absolute Gasteiger partial charge is 0.246 e. The molecule has 9 heteroatoms. The van der Waals surface area contributed by atoms with Crippen LogP contribution in [0.5, 0.6) is 5.75 Å². The van der Waals surface area contributed by atoms with Crippen molar-refractivity contribution < 1.29 is 18.7 Å². The summed E-state index contributed by atoms with van der Waals surface area (Å²) in [6.07, 6.45) is 4.57. The van der Waals surface area contributed by atoms with Gasteiger partial charge in [0.2, 0.25) is 12.3 Å². The van der Waals surface area contributed by atoms with Gasteiger partial charge in [-0.2, -0.15) is 0 Å². The van der Waals surface area contributed by atoms with Gasteiger partial charge in [0.1, 0.15) is 17.9 Å². The SMILES string of the molecule is CNC(=O)C(NC=O)c1ccc2c(c1)CCCC(c1ccc(Cl)cc1Cl)=C2c1ccc(OC2CCN(CCCF)C2)cc1.